The highest BCUT2D eigenvalue weighted by Gasteiger charge is 2.16. The molecule has 2 rings (SSSR count). The maximum atomic E-state index is 13.3. The van der Waals surface area contributed by atoms with E-state index >= 15 is 0 Å². The molecule has 1 aromatic heterocycles. The molecule has 1 heterocycles. The van der Waals surface area contributed by atoms with Gasteiger partial charge in [-0.25, -0.2) is 4.39 Å². The molecular formula is C15H16BrFINS. The molecule has 5 heteroatoms. The second kappa shape index (κ2) is 7.87. The lowest BCUT2D eigenvalue weighted by Crippen LogP contribution is -2.24. The molecule has 0 saturated carbocycles. The minimum absolute atomic E-state index is 0.175. The van der Waals surface area contributed by atoms with Gasteiger partial charge >= 0.3 is 0 Å². The van der Waals surface area contributed by atoms with Crippen molar-refractivity contribution in [1.82, 2.24) is 5.32 Å². The Morgan fingerprint density at radius 3 is 2.75 bits per heavy atom. The fourth-order valence-corrected chi connectivity index (χ4v) is 4.44. The first-order valence-electron chi connectivity index (χ1n) is 6.52. The highest BCUT2D eigenvalue weighted by molar-refractivity contribution is 14.1. The average Bonchev–Trinajstić information content (AvgIpc) is 2.80. The van der Waals surface area contributed by atoms with Gasteiger partial charge in [0.25, 0.3) is 0 Å². The van der Waals surface area contributed by atoms with Crippen molar-refractivity contribution in [3.8, 4) is 0 Å². The second-order valence-corrected chi connectivity index (χ2v) is 8.29. The number of nitrogens with one attached hydrogen (secondary N) is 1. The van der Waals surface area contributed by atoms with E-state index < -0.39 is 0 Å². The molecule has 0 aliphatic carbocycles. The summed E-state index contributed by atoms with van der Waals surface area (Å²) < 4.78 is 15.4. The summed E-state index contributed by atoms with van der Waals surface area (Å²) in [4.78, 5) is 1.32. The van der Waals surface area contributed by atoms with E-state index in [0.29, 0.717) is 0 Å². The molecule has 0 aliphatic heterocycles. The number of thiophene rings is 1. The molecule has 1 unspecified atom stereocenters. The number of rotatable bonds is 6. The van der Waals surface area contributed by atoms with Crippen LogP contribution in [0, 0.1) is 9.39 Å². The Morgan fingerprint density at radius 1 is 1.35 bits per heavy atom. The number of hydrogen-bond acceptors (Lipinski definition) is 2. The molecule has 0 radical (unpaired) electrons. The molecule has 1 N–H and O–H groups in total. The fourth-order valence-electron chi connectivity index (χ4n) is 2.06. The van der Waals surface area contributed by atoms with Gasteiger partial charge < -0.3 is 5.32 Å². The van der Waals surface area contributed by atoms with Crippen LogP contribution in [0.3, 0.4) is 0 Å². The molecule has 108 valence electrons. The van der Waals surface area contributed by atoms with Crippen LogP contribution in [0.4, 0.5) is 4.39 Å². The third kappa shape index (κ3) is 4.51. The zero-order chi connectivity index (χ0) is 14.5. The van der Waals surface area contributed by atoms with Gasteiger partial charge in [0, 0.05) is 20.9 Å². The summed E-state index contributed by atoms with van der Waals surface area (Å²) in [6.07, 6.45) is 2.01. The summed E-state index contributed by atoms with van der Waals surface area (Å²) in [5.74, 6) is -0.175. The molecule has 20 heavy (non-hydrogen) atoms. The van der Waals surface area contributed by atoms with Crippen molar-refractivity contribution in [1.29, 1.82) is 0 Å². The van der Waals surface area contributed by atoms with Crippen LogP contribution < -0.4 is 5.32 Å². The lowest BCUT2D eigenvalue weighted by molar-refractivity contribution is 0.528. The summed E-state index contributed by atoms with van der Waals surface area (Å²) in [7, 11) is 0. The molecule has 1 nitrogen and oxygen atoms in total. The molecule has 1 aromatic carbocycles. The van der Waals surface area contributed by atoms with E-state index in [1.807, 2.05) is 6.07 Å². The molecule has 0 aliphatic rings. The summed E-state index contributed by atoms with van der Waals surface area (Å²) in [6, 6.07) is 9.49. The van der Waals surface area contributed by atoms with Gasteiger partial charge in [0.2, 0.25) is 0 Å². The van der Waals surface area contributed by atoms with E-state index in [-0.39, 0.29) is 11.9 Å². The van der Waals surface area contributed by atoms with Crippen molar-refractivity contribution in [2.45, 2.75) is 25.8 Å². The largest absolute Gasteiger partial charge is 0.310 e. The lowest BCUT2D eigenvalue weighted by atomic mass is 10.0. The van der Waals surface area contributed by atoms with E-state index in [4.69, 9.17) is 0 Å². The van der Waals surface area contributed by atoms with Crippen molar-refractivity contribution in [2.24, 2.45) is 0 Å². The Morgan fingerprint density at radius 2 is 2.15 bits per heavy atom. The first-order valence-corrected chi connectivity index (χ1v) is 9.21. The first-order chi connectivity index (χ1) is 9.60. The quantitative estimate of drug-likeness (QED) is 0.550. The third-order valence-corrected chi connectivity index (χ3v) is 5.59. The maximum absolute atomic E-state index is 13.3. The maximum Gasteiger partial charge on any atom is 0.124 e. The lowest BCUT2D eigenvalue weighted by Gasteiger charge is -2.20. The molecule has 0 saturated heterocycles. The minimum atomic E-state index is -0.175. The molecule has 2 aromatic rings. The van der Waals surface area contributed by atoms with Gasteiger partial charge in [-0.15, -0.1) is 11.3 Å². The van der Waals surface area contributed by atoms with Gasteiger partial charge in [-0.2, -0.15) is 0 Å². The van der Waals surface area contributed by atoms with Gasteiger partial charge in [-0.05, 0) is 81.3 Å². The fraction of sp³-hybridized carbons (Fsp3) is 0.333. The summed E-state index contributed by atoms with van der Waals surface area (Å²) in [5, 5.41) is 3.57. The van der Waals surface area contributed by atoms with Gasteiger partial charge in [-0.3, -0.25) is 0 Å². The predicted molar refractivity (Wildman–Crippen MR) is 95.9 cm³/mol. The van der Waals surface area contributed by atoms with Gasteiger partial charge in [0.15, 0.2) is 0 Å². The van der Waals surface area contributed by atoms with Gasteiger partial charge in [0.05, 0.1) is 3.79 Å². The Kier molecular flexibility index (Phi) is 6.45. The number of benzene rings is 1. The van der Waals surface area contributed by atoms with Crippen LogP contribution in [-0.2, 0) is 6.42 Å². The Balaban J connectivity index is 2.22. The topological polar surface area (TPSA) is 12.0 Å². The van der Waals surface area contributed by atoms with Crippen LogP contribution in [0.25, 0.3) is 0 Å². The van der Waals surface area contributed by atoms with Crippen LogP contribution in [0.1, 0.15) is 29.8 Å². The zero-order valence-corrected chi connectivity index (χ0v) is 15.7. The molecular weight excluding hydrogens is 452 g/mol. The van der Waals surface area contributed by atoms with Crippen molar-refractivity contribution in [3.63, 3.8) is 0 Å². The van der Waals surface area contributed by atoms with Crippen LogP contribution in [0.15, 0.2) is 34.1 Å². The summed E-state index contributed by atoms with van der Waals surface area (Å²) in [6.45, 7) is 3.12. The third-order valence-electron chi connectivity index (χ3n) is 3.01. The molecule has 0 amide bonds. The standard InChI is InChI=1S/C15H16BrFINS/c1-2-7-19-14(9-11-4-6-15(16)20-11)12-5-3-10(17)8-13(12)18/h3-6,8,14,19H,2,7,9H2,1H3. The smallest absolute Gasteiger partial charge is 0.124 e. The minimum Gasteiger partial charge on any atom is -0.310 e. The summed E-state index contributed by atoms with van der Waals surface area (Å²) in [5.41, 5.74) is 1.17. The highest BCUT2D eigenvalue weighted by atomic mass is 127. The monoisotopic (exact) mass is 467 g/mol. The van der Waals surface area contributed by atoms with E-state index in [1.54, 1.807) is 23.5 Å². The van der Waals surface area contributed by atoms with Crippen LogP contribution in [0.5, 0.6) is 0 Å². The van der Waals surface area contributed by atoms with E-state index in [1.165, 1.54) is 10.4 Å². The van der Waals surface area contributed by atoms with Gasteiger partial charge in [-0.1, -0.05) is 13.0 Å². The Hall–Kier alpha value is 0.0200. The molecule has 0 fully saturated rings. The van der Waals surface area contributed by atoms with Crippen molar-refractivity contribution < 1.29 is 4.39 Å². The second-order valence-electron chi connectivity index (χ2n) is 4.58. The van der Waals surface area contributed by atoms with E-state index in [9.17, 15) is 4.39 Å². The Labute approximate surface area is 145 Å². The number of hydrogen-bond donors (Lipinski definition) is 1. The molecule has 0 bridgehead atoms. The normalized spacial score (nSPS) is 12.6. The molecule has 0 spiro atoms. The van der Waals surface area contributed by atoms with Crippen LogP contribution in [0.2, 0.25) is 0 Å². The van der Waals surface area contributed by atoms with Crippen LogP contribution in [-0.4, -0.2) is 6.54 Å². The SMILES string of the molecule is CCCNC(Cc1ccc(Br)s1)c1ccc(F)cc1I. The van der Waals surface area contributed by atoms with E-state index in [2.05, 4.69) is 62.9 Å². The predicted octanol–water partition coefficient (Wildman–Crippen LogP) is 5.54. The molecule has 1 atom stereocenters. The average molecular weight is 468 g/mol. The number of halogens is 3. The highest BCUT2D eigenvalue weighted by Crippen LogP contribution is 2.29. The van der Waals surface area contributed by atoms with Crippen molar-refractivity contribution in [3.05, 3.63) is 53.9 Å². The van der Waals surface area contributed by atoms with Gasteiger partial charge in [0.1, 0.15) is 5.82 Å². The van der Waals surface area contributed by atoms with Crippen LogP contribution >= 0.6 is 49.9 Å². The van der Waals surface area contributed by atoms with Crippen molar-refractivity contribution >= 4 is 49.9 Å². The van der Waals surface area contributed by atoms with E-state index in [0.717, 1.165) is 26.7 Å². The Bertz CT molecular complexity index is 573. The summed E-state index contributed by atoms with van der Waals surface area (Å²) >= 11 is 7.47. The first kappa shape index (κ1) is 16.4. The zero-order valence-electron chi connectivity index (χ0n) is 11.1. The van der Waals surface area contributed by atoms with Crippen molar-refractivity contribution in [2.75, 3.05) is 6.54 Å².